The van der Waals surface area contributed by atoms with Gasteiger partial charge in [-0.1, -0.05) is 12.8 Å². The van der Waals surface area contributed by atoms with Crippen molar-refractivity contribution < 1.29 is 14.6 Å². The predicted octanol–water partition coefficient (Wildman–Crippen LogP) is 1.53. The fourth-order valence-corrected chi connectivity index (χ4v) is 2.94. The van der Waals surface area contributed by atoms with Gasteiger partial charge >= 0.3 is 5.97 Å². The van der Waals surface area contributed by atoms with Crippen molar-refractivity contribution in [1.82, 2.24) is 9.78 Å². The number of ether oxygens (including phenoxy) is 1. The number of carbonyl (C=O) groups is 1. The second-order valence-electron chi connectivity index (χ2n) is 6.22. The van der Waals surface area contributed by atoms with E-state index < -0.39 is 11.5 Å². The Labute approximate surface area is 134 Å². The third-order valence-corrected chi connectivity index (χ3v) is 4.44. The first-order valence-corrected chi connectivity index (χ1v) is 8.38. The summed E-state index contributed by atoms with van der Waals surface area (Å²) in [6.07, 6.45) is 5.28. The summed E-state index contributed by atoms with van der Waals surface area (Å²) < 4.78 is 6.26. The van der Waals surface area contributed by atoms with Crippen molar-refractivity contribution in [3.05, 3.63) is 15.9 Å². The lowest BCUT2D eigenvalue weighted by Crippen LogP contribution is -2.33. The van der Waals surface area contributed by atoms with Crippen LogP contribution in [-0.4, -0.2) is 40.6 Å². The lowest BCUT2D eigenvalue weighted by atomic mass is 10.2. The molecule has 7 nitrogen and oxygen atoms in total. The number of aromatic hydroxyl groups is 1. The second-order valence-corrected chi connectivity index (χ2v) is 6.22. The molecule has 2 fully saturated rings. The highest BCUT2D eigenvalue weighted by Crippen LogP contribution is 2.33. The lowest BCUT2D eigenvalue weighted by molar-refractivity contribution is 0.0519. The summed E-state index contributed by atoms with van der Waals surface area (Å²) in [5.41, 5.74) is -0.857. The van der Waals surface area contributed by atoms with Crippen molar-refractivity contribution in [1.29, 1.82) is 0 Å². The van der Waals surface area contributed by atoms with E-state index in [0.29, 0.717) is 18.3 Å². The molecule has 7 heteroatoms. The monoisotopic (exact) mass is 321 g/mol. The quantitative estimate of drug-likeness (QED) is 0.800. The van der Waals surface area contributed by atoms with Crippen LogP contribution < -0.4 is 10.5 Å². The molecule has 0 bridgehead atoms. The highest BCUT2D eigenvalue weighted by Gasteiger charge is 2.29. The zero-order chi connectivity index (χ0) is 16.4. The minimum absolute atomic E-state index is 0.154. The molecule has 126 valence electrons. The minimum atomic E-state index is -0.780. The van der Waals surface area contributed by atoms with Crippen molar-refractivity contribution in [2.24, 2.45) is 5.92 Å². The Kier molecular flexibility index (Phi) is 4.54. The van der Waals surface area contributed by atoms with Crippen LogP contribution in [0.25, 0.3) is 0 Å². The van der Waals surface area contributed by atoms with Gasteiger partial charge in [0.15, 0.2) is 17.1 Å². The smallest absolute Gasteiger partial charge is 0.347 e. The molecule has 23 heavy (non-hydrogen) atoms. The summed E-state index contributed by atoms with van der Waals surface area (Å²) in [7, 11) is 0. The van der Waals surface area contributed by atoms with E-state index in [1.807, 2.05) is 4.90 Å². The van der Waals surface area contributed by atoms with Crippen molar-refractivity contribution in [2.75, 3.05) is 24.6 Å². The lowest BCUT2D eigenvalue weighted by Gasteiger charge is -2.20. The molecule has 0 radical (unpaired) electrons. The second kappa shape index (κ2) is 6.60. The number of esters is 1. The van der Waals surface area contributed by atoms with Crippen LogP contribution in [-0.2, 0) is 11.3 Å². The average molecular weight is 321 g/mol. The summed E-state index contributed by atoms with van der Waals surface area (Å²) in [6.45, 7) is 3.83. The van der Waals surface area contributed by atoms with Crippen LogP contribution >= 0.6 is 0 Å². The maximum Gasteiger partial charge on any atom is 0.347 e. The van der Waals surface area contributed by atoms with Crippen LogP contribution in [0.1, 0.15) is 49.4 Å². The van der Waals surface area contributed by atoms with Gasteiger partial charge in [0, 0.05) is 19.6 Å². The summed E-state index contributed by atoms with van der Waals surface area (Å²) in [6, 6.07) is 0. The number of aromatic nitrogens is 2. The van der Waals surface area contributed by atoms with Gasteiger partial charge in [0.1, 0.15) is 0 Å². The van der Waals surface area contributed by atoms with Gasteiger partial charge in [0.2, 0.25) is 0 Å². The number of hydrogen-bond donors (Lipinski definition) is 1. The molecule has 0 atom stereocenters. The number of nitrogens with zero attached hydrogens (tertiary/aromatic N) is 3. The Bertz CT molecular complexity index is 645. The number of rotatable bonds is 6. The molecule has 0 amide bonds. The third-order valence-electron chi connectivity index (χ3n) is 4.44. The maximum absolute atomic E-state index is 12.5. The van der Waals surface area contributed by atoms with Gasteiger partial charge in [-0.3, -0.25) is 4.79 Å². The highest BCUT2D eigenvalue weighted by molar-refractivity contribution is 5.93. The van der Waals surface area contributed by atoms with E-state index in [9.17, 15) is 14.7 Å². The molecule has 1 saturated carbocycles. The largest absolute Gasteiger partial charge is 0.503 e. The summed E-state index contributed by atoms with van der Waals surface area (Å²) in [5.74, 6) is -0.157. The van der Waals surface area contributed by atoms with Gasteiger partial charge < -0.3 is 14.7 Å². The van der Waals surface area contributed by atoms with E-state index >= 15 is 0 Å². The molecule has 1 aliphatic carbocycles. The number of carbonyl (C=O) groups excluding carboxylic acids is 1. The van der Waals surface area contributed by atoms with E-state index in [1.165, 1.54) is 17.5 Å². The molecule has 1 N–H and O–H groups in total. The molecule has 0 aromatic carbocycles. The Morgan fingerprint density at radius 1 is 1.35 bits per heavy atom. The van der Waals surface area contributed by atoms with Crippen molar-refractivity contribution in [3.63, 3.8) is 0 Å². The van der Waals surface area contributed by atoms with E-state index in [4.69, 9.17) is 4.74 Å². The fraction of sp³-hybridized carbons (Fsp3) is 0.688. The van der Waals surface area contributed by atoms with Crippen molar-refractivity contribution in [2.45, 2.75) is 45.6 Å². The van der Waals surface area contributed by atoms with E-state index in [-0.39, 0.29) is 17.9 Å². The molecule has 1 saturated heterocycles. The van der Waals surface area contributed by atoms with Crippen LogP contribution in [0.3, 0.4) is 0 Å². The normalized spacial score (nSPS) is 17.5. The molecule has 1 aromatic rings. The van der Waals surface area contributed by atoms with Crippen molar-refractivity contribution in [3.8, 4) is 5.75 Å². The molecule has 2 heterocycles. The van der Waals surface area contributed by atoms with Gasteiger partial charge in [-0.2, -0.15) is 0 Å². The zero-order valence-corrected chi connectivity index (χ0v) is 13.5. The predicted molar refractivity (Wildman–Crippen MR) is 84.9 cm³/mol. The summed E-state index contributed by atoms with van der Waals surface area (Å²) >= 11 is 0. The third kappa shape index (κ3) is 3.33. The van der Waals surface area contributed by atoms with Gasteiger partial charge in [0.25, 0.3) is 5.56 Å². The highest BCUT2D eigenvalue weighted by atomic mass is 16.5. The minimum Gasteiger partial charge on any atom is -0.503 e. The van der Waals surface area contributed by atoms with Crippen LogP contribution in [0.4, 0.5) is 5.82 Å². The van der Waals surface area contributed by atoms with Crippen LogP contribution in [0.2, 0.25) is 0 Å². The number of anilines is 1. The number of hydrogen-bond acceptors (Lipinski definition) is 6. The Hall–Kier alpha value is -2.05. The van der Waals surface area contributed by atoms with E-state index in [1.54, 1.807) is 6.92 Å². The first-order chi connectivity index (χ1) is 11.1. The molecular formula is C16H23N3O4. The van der Waals surface area contributed by atoms with Gasteiger partial charge in [0.05, 0.1) is 6.61 Å². The molecule has 2 aliphatic rings. The Morgan fingerprint density at radius 3 is 2.65 bits per heavy atom. The first kappa shape index (κ1) is 15.8. The molecule has 1 aliphatic heterocycles. The number of aryl methyl sites for hydroxylation is 1. The molecule has 0 spiro atoms. The zero-order valence-electron chi connectivity index (χ0n) is 13.5. The first-order valence-electron chi connectivity index (χ1n) is 8.38. The maximum atomic E-state index is 12.5. The SMILES string of the molecule is CCOC(=O)c1c(O)c(N2CCCC2)nn(CCC2CC2)c1=O. The topological polar surface area (TPSA) is 84.7 Å². The van der Waals surface area contributed by atoms with Crippen LogP contribution in [0.15, 0.2) is 4.79 Å². The fourth-order valence-electron chi connectivity index (χ4n) is 2.94. The Balaban J connectivity index is 2.00. The average Bonchev–Trinajstić information content (AvgIpc) is 3.19. The van der Waals surface area contributed by atoms with E-state index in [2.05, 4.69) is 5.10 Å². The Morgan fingerprint density at radius 2 is 2.04 bits per heavy atom. The summed E-state index contributed by atoms with van der Waals surface area (Å²) in [5, 5.41) is 14.8. The molecule has 1 aromatic heterocycles. The van der Waals surface area contributed by atoms with E-state index in [0.717, 1.165) is 32.4 Å². The standard InChI is InChI=1S/C16H23N3O4/c1-2-23-16(22)12-13(20)14(18-8-3-4-9-18)17-19(15(12)21)10-7-11-5-6-11/h11,20H,2-10H2,1H3. The van der Waals surface area contributed by atoms with Gasteiger partial charge in [-0.05, 0) is 32.1 Å². The molecular weight excluding hydrogens is 298 g/mol. The van der Waals surface area contributed by atoms with Crippen molar-refractivity contribution >= 4 is 11.8 Å². The van der Waals surface area contributed by atoms with Gasteiger partial charge in [-0.25, -0.2) is 9.48 Å². The van der Waals surface area contributed by atoms with Crippen LogP contribution in [0.5, 0.6) is 5.75 Å². The molecule has 0 unspecified atom stereocenters. The summed E-state index contributed by atoms with van der Waals surface area (Å²) in [4.78, 5) is 26.6. The van der Waals surface area contributed by atoms with Crippen LogP contribution in [0, 0.1) is 5.92 Å². The van der Waals surface area contributed by atoms with Gasteiger partial charge in [-0.15, -0.1) is 5.10 Å². The molecule has 3 rings (SSSR count).